The van der Waals surface area contributed by atoms with E-state index in [1.54, 1.807) is 32.4 Å². The molecule has 1 aromatic carbocycles. The number of carbonyl (C=O) groups is 1. The van der Waals surface area contributed by atoms with Crippen molar-refractivity contribution >= 4 is 5.78 Å². The van der Waals surface area contributed by atoms with Crippen LogP contribution < -0.4 is 31.0 Å². The van der Waals surface area contributed by atoms with Crippen molar-refractivity contribution < 1.29 is 35.8 Å². The summed E-state index contributed by atoms with van der Waals surface area (Å²) in [6.45, 7) is 2.28. The van der Waals surface area contributed by atoms with Gasteiger partial charge in [-0.15, -0.1) is 0 Å². The molecular formula is C16H18BrNO3. The number of aromatic nitrogens is 1. The number of hydrogen-bond donors (Lipinski definition) is 0. The van der Waals surface area contributed by atoms with Gasteiger partial charge in [0.15, 0.2) is 23.4 Å². The van der Waals surface area contributed by atoms with Crippen molar-refractivity contribution in [2.75, 3.05) is 14.2 Å². The lowest BCUT2D eigenvalue weighted by Gasteiger charge is -2.08. The molecule has 0 saturated carbocycles. The van der Waals surface area contributed by atoms with E-state index in [-0.39, 0.29) is 22.8 Å². The summed E-state index contributed by atoms with van der Waals surface area (Å²) < 4.78 is 12.3. The number of Topliss-reactive ketones (excluding diaryl/α,β-unsaturated/α-hetero) is 1. The van der Waals surface area contributed by atoms with Crippen LogP contribution in [0.25, 0.3) is 0 Å². The van der Waals surface area contributed by atoms with E-state index in [9.17, 15) is 4.79 Å². The lowest BCUT2D eigenvalue weighted by molar-refractivity contribution is -0.689. The number of ketones is 1. The molecule has 0 aliphatic heterocycles. The van der Waals surface area contributed by atoms with E-state index in [4.69, 9.17) is 9.47 Å². The van der Waals surface area contributed by atoms with Gasteiger partial charge in [-0.05, 0) is 18.2 Å². The van der Waals surface area contributed by atoms with Gasteiger partial charge in [-0.3, -0.25) is 4.79 Å². The van der Waals surface area contributed by atoms with Gasteiger partial charge in [0, 0.05) is 24.6 Å². The van der Waals surface area contributed by atoms with Gasteiger partial charge in [0.1, 0.15) is 0 Å². The second-order valence-corrected chi connectivity index (χ2v) is 4.46. The molecule has 1 heterocycles. The molecule has 5 heteroatoms. The predicted molar refractivity (Wildman–Crippen MR) is 75.3 cm³/mol. The zero-order valence-electron chi connectivity index (χ0n) is 12.3. The number of halogens is 1. The van der Waals surface area contributed by atoms with Crippen molar-refractivity contribution in [1.82, 2.24) is 0 Å². The van der Waals surface area contributed by atoms with Gasteiger partial charge in [-0.25, -0.2) is 0 Å². The predicted octanol–water partition coefficient (Wildman–Crippen LogP) is -0.813. The van der Waals surface area contributed by atoms with Crippen LogP contribution in [-0.2, 0) is 6.54 Å². The number of methoxy groups -OCH3 is 2. The summed E-state index contributed by atoms with van der Waals surface area (Å²) in [5, 5.41) is 0. The molecule has 0 amide bonds. The van der Waals surface area contributed by atoms with Crippen LogP contribution in [0.15, 0.2) is 42.6 Å². The molecule has 21 heavy (non-hydrogen) atoms. The Morgan fingerprint density at radius 3 is 2.43 bits per heavy atom. The number of aryl methyl sites for hydroxylation is 1. The van der Waals surface area contributed by atoms with E-state index in [1.165, 1.54) is 0 Å². The first-order valence-electron chi connectivity index (χ1n) is 6.36. The SMILES string of the molecule is COc1ccc(C(=O)C[n+]2ccccc2C)cc1OC.[Br-]. The summed E-state index contributed by atoms with van der Waals surface area (Å²) in [4.78, 5) is 12.3. The van der Waals surface area contributed by atoms with Crippen LogP contribution in [0.4, 0.5) is 0 Å². The van der Waals surface area contributed by atoms with E-state index in [0.29, 0.717) is 23.6 Å². The normalized spacial score (nSPS) is 9.67. The molecule has 0 fully saturated rings. The van der Waals surface area contributed by atoms with Crippen molar-refractivity contribution in [2.45, 2.75) is 13.5 Å². The second-order valence-electron chi connectivity index (χ2n) is 4.46. The van der Waals surface area contributed by atoms with E-state index >= 15 is 0 Å². The van der Waals surface area contributed by atoms with Gasteiger partial charge in [0.05, 0.1) is 14.2 Å². The highest BCUT2D eigenvalue weighted by Gasteiger charge is 2.16. The third-order valence-electron chi connectivity index (χ3n) is 3.19. The monoisotopic (exact) mass is 351 g/mol. The Hall–Kier alpha value is -1.88. The molecular weight excluding hydrogens is 334 g/mol. The quantitative estimate of drug-likeness (QED) is 0.522. The zero-order chi connectivity index (χ0) is 14.5. The van der Waals surface area contributed by atoms with Gasteiger partial charge in [0.2, 0.25) is 12.3 Å². The maximum Gasteiger partial charge on any atom is 0.227 e. The number of carbonyl (C=O) groups excluding carboxylic acids is 1. The van der Waals surface area contributed by atoms with Gasteiger partial charge in [0.25, 0.3) is 0 Å². The maximum absolute atomic E-state index is 12.3. The number of nitrogens with zero attached hydrogens (tertiary/aromatic N) is 1. The summed E-state index contributed by atoms with van der Waals surface area (Å²) in [6.07, 6.45) is 1.90. The smallest absolute Gasteiger partial charge is 0.227 e. The molecule has 0 atom stereocenters. The van der Waals surface area contributed by atoms with Crippen LogP contribution in [0.3, 0.4) is 0 Å². The summed E-state index contributed by atoms with van der Waals surface area (Å²) >= 11 is 0. The van der Waals surface area contributed by atoms with Crippen LogP contribution in [0.1, 0.15) is 16.1 Å². The fourth-order valence-electron chi connectivity index (χ4n) is 1.99. The molecule has 0 saturated heterocycles. The first-order chi connectivity index (χ1) is 9.65. The largest absolute Gasteiger partial charge is 1.00 e. The van der Waals surface area contributed by atoms with Crippen molar-refractivity contribution in [3.05, 3.63) is 53.9 Å². The average Bonchev–Trinajstić information content (AvgIpc) is 2.48. The Morgan fingerprint density at radius 1 is 1.10 bits per heavy atom. The van der Waals surface area contributed by atoms with Gasteiger partial charge >= 0.3 is 0 Å². The molecule has 0 bridgehead atoms. The van der Waals surface area contributed by atoms with Gasteiger partial charge in [-0.2, -0.15) is 4.57 Å². The summed E-state index contributed by atoms with van der Waals surface area (Å²) in [7, 11) is 3.13. The molecule has 0 unspecified atom stereocenters. The van der Waals surface area contributed by atoms with Gasteiger partial charge in [-0.1, -0.05) is 6.07 Å². The highest BCUT2D eigenvalue weighted by Crippen LogP contribution is 2.27. The molecule has 0 radical (unpaired) electrons. The molecule has 0 N–H and O–H groups in total. The molecule has 2 rings (SSSR count). The minimum Gasteiger partial charge on any atom is -1.00 e. The van der Waals surface area contributed by atoms with Crippen LogP contribution in [0.5, 0.6) is 11.5 Å². The zero-order valence-corrected chi connectivity index (χ0v) is 13.9. The second kappa shape index (κ2) is 7.78. The molecule has 0 aliphatic rings. The molecule has 0 aliphatic carbocycles. The highest BCUT2D eigenvalue weighted by molar-refractivity contribution is 5.95. The fourth-order valence-corrected chi connectivity index (χ4v) is 1.99. The number of rotatable bonds is 5. The minimum atomic E-state index is 0. The third kappa shape index (κ3) is 4.04. The number of benzene rings is 1. The van der Waals surface area contributed by atoms with Crippen LogP contribution in [0, 0.1) is 6.92 Å². The number of pyridine rings is 1. The van der Waals surface area contributed by atoms with Crippen molar-refractivity contribution in [3.63, 3.8) is 0 Å². The molecule has 2 aromatic rings. The summed E-state index contributed by atoms with van der Waals surface area (Å²) in [6, 6.07) is 11.0. The Kier molecular flexibility index (Phi) is 6.37. The van der Waals surface area contributed by atoms with Gasteiger partial charge < -0.3 is 26.5 Å². The first-order valence-corrected chi connectivity index (χ1v) is 6.36. The van der Waals surface area contributed by atoms with E-state index in [1.807, 2.05) is 35.9 Å². The number of ether oxygens (including phenoxy) is 2. The molecule has 4 nitrogen and oxygen atoms in total. The Morgan fingerprint density at radius 2 is 1.81 bits per heavy atom. The maximum atomic E-state index is 12.3. The number of hydrogen-bond acceptors (Lipinski definition) is 3. The minimum absolute atomic E-state index is 0. The van der Waals surface area contributed by atoms with Crippen LogP contribution in [-0.4, -0.2) is 20.0 Å². The molecule has 112 valence electrons. The average molecular weight is 352 g/mol. The Balaban J connectivity index is 0.00000220. The highest BCUT2D eigenvalue weighted by atomic mass is 79.9. The lowest BCUT2D eigenvalue weighted by Crippen LogP contribution is -3.00. The van der Waals surface area contributed by atoms with Crippen molar-refractivity contribution in [2.24, 2.45) is 0 Å². The van der Waals surface area contributed by atoms with Crippen molar-refractivity contribution in [1.29, 1.82) is 0 Å². The molecule has 1 aromatic heterocycles. The van der Waals surface area contributed by atoms with Crippen LogP contribution in [0.2, 0.25) is 0 Å². The summed E-state index contributed by atoms with van der Waals surface area (Å²) in [5.74, 6) is 1.21. The Bertz CT molecular complexity index is 629. The lowest BCUT2D eigenvalue weighted by atomic mass is 10.1. The standard InChI is InChI=1S/C16H18NO3.BrH/c1-12-6-4-5-9-17(12)11-14(18)13-7-8-15(19-2)16(10-13)20-3;/h4-10H,11H2,1-3H3;1H/q+1;/p-1. The van der Waals surface area contributed by atoms with E-state index in [0.717, 1.165) is 5.69 Å². The van der Waals surface area contributed by atoms with Crippen LogP contribution >= 0.6 is 0 Å². The van der Waals surface area contributed by atoms with E-state index in [2.05, 4.69) is 0 Å². The fraction of sp³-hybridized carbons (Fsp3) is 0.250. The Labute approximate surface area is 135 Å². The summed E-state index contributed by atoms with van der Waals surface area (Å²) in [5.41, 5.74) is 1.65. The third-order valence-corrected chi connectivity index (χ3v) is 3.19. The topological polar surface area (TPSA) is 39.4 Å². The van der Waals surface area contributed by atoms with E-state index < -0.39 is 0 Å². The molecule has 0 spiro atoms. The first kappa shape index (κ1) is 17.2. The van der Waals surface area contributed by atoms with Crippen molar-refractivity contribution in [3.8, 4) is 11.5 Å².